The Morgan fingerprint density at radius 1 is 1.23 bits per heavy atom. The van der Waals surface area contributed by atoms with Crippen LogP contribution in [-0.4, -0.2) is 32.3 Å². The number of carbonyl (C=O) groups excluding carboxylic acids is 1. The molecule has 1 aromatic carbocycles. The quantitative estimate of drug-likeness (QED) is 0.511. The smallest absolute Gasteiger partial charge is 0.292 e. The van der Waals surface area contributed by atoms with Crippen molar-refractivity contribution >= 4 is 16.9 Å². The predicted molar refractivity (Wildman–Crippen MR) is 105 cm³/mol. The molecule has 0 bridgehead atoms. The van der Waals surface area contributed by atoms with Crippen molar-refractivity contribution < 1.29 is 22.4 Å². The van der Waals surface area contributed by atoms with Crippen LogP contribution in [0.3, 0.4) is 0 Å². The molecule has 1 atom stereocenters. The lowest BCUT2D eigenvalue weighted by molar-refractivity contribution is 0.0624. The van der Waals surface area contributed by atoms with Gasteiger partial charge < -0.3 is 18.7 Å². The zero-order valence-electron chi connectivity index (χ0n) is 16.3. The van der Waals surface area contributed by atoms with Crippen molar-refractivity contribution in [1.29, 1.82) is 0 Å². The first kappa shape index (κ1) is 18.3. The molecule has 0 radical (unpaired) electrons. The molecular weight excluding hydrogens is 406 g/mol. The largest absolute Gasteiger partial charge is 0.458 e. The summed E-state index contributed by atoms with van der Waals surface area (Å²) in [5.41, 5.74) is 2.73. The summed E-state index contributed by atoms with van der Waals surface area (Å²) < 4.78 is 38.2. The SMILES string of the molecule is O=C(c1ocnc1C(F)F)N1CCc2[nH]cnc2[C@H]1c1oc2ccccc2c1C1CC1. The number of furan rings is 1. The molecule has 7 nitrogen and oxygen atoms in total. The number of carbonyl (C=O) groups is 1. The molecule has 0 spiro atoms. The summed E-state index contributed by atoms with van der Waals surface area (Å²) in [6.45, 7) is 0.309. The Labute approximate surface area is 175 Å². The van der Waals surface area contributed by atoms with Gasteiger partial charge in [0.1, 0.15) is 17.4 Å². The number of nitrogens with zero attached hydrogens (tertiary/aromatic N) is 3. The van der Waals surface area contributed by atoms with Crippen molar-refractivity contribution in [3.05, 3.63) is 71.2 Å². The van der Waals surface area contributed by atoms with Gasteiger partial charge in [0, 0.05) is 29.6 Å². The zero-order valence-corrected chi connectivity index (χ0v) is 16.3. The van der Waals surface area contributed by atoms with E-state index >= 15 is 0 Å². The number of hydrogen-bond acceptors (Lipinski definition) is 5. The number of para-hydroxylation sites is 1. The third kappa shape index (κ3) is 2.79. The molecule has 0 unspecified atom stereocenters. The lowest BCUT2D eigenvalue weighted by Gasteiger charge is -2.33. The molecule has 1 saturated carbocycles. The number of halogens is 2. The summed E-state index contributed by atoms with van der Waals surface area (Å²) in [4.78, 5) is 26.1. The first-order valence-electron chi connectivity index (χ1n) is 10.2. The van der Waals surface area contributed by atoms with Crippen LogP contribution in [0.15, 0.2) is 45.8 Å². The number of oxazole rings is 1. The Kier molecular flexibility index (Phi) is 3.99. The van der Waals surface area contributed by atoms with Gasteiger partial charge in [0.25, 0.3) is 12.3 Å². The molecular formula is C22H18F2N4O3. The fourth-order valence-corrected chi connectivity index (χ4v) is 4.54. The van der Waals surface area contributed by atoms with Crippen LogP contribution in [0.2, 0.25) is 0 Å². The number of hydrogen-bond donors (Lipinski definition) is 1. The normalized spacial score (nSPS) is 18.7. The summed E-state index contributed by atoms with van der Waals surface area (Å²) in [7, 11) is 0. The predicted octanol–water partition coefficient (Wildman–Crippen LogP) is 4.75. The minimum Gasteiger partial charge on any atom is -0.458 e. The summed E-state index contributed by atoms with van der Waals surface area (Å²) in [6, 6.07) is 7.14. The average molecular weight is 424 g/mol. The van der Waals surface area contributed by atoms with Crippen molar-refractivity contribution in [2.45, 2.75) is 37.6 Å². The van der Waals surface area contributed by atoms with Gasteiger partial charge in [-0.3, -0.25) is 4.79 Å². The van der Waals surface area contributed by atoms with Gasteiger partial charge in [-0.2, -0.15) is 0 Å². The van der Waals surface area contributed by atoms with E-state index in [1.165, 1.54) is 4.90 Å². The van der Waals surface area contributed by atoms with Crippen molar-refractivity contribution in [1.82, 2.24) is 19.9 Å². The fraction of sp³-hybridized carbons (Fsp3) is 0.318. The number of alkyl halides is 2. The fourth-order valence-electron chi connectivity index (χ4n) is 4.54. The highest BCUT2D eigenvalue weighted by Crippen LogP contribution is 2.50. The van der Waals surface area contributed by atoms with Crippen LogP contribution in [0.25, 0.3) is 11.0 Å². The first-order valence-corrected chi connectivity index (χ1v) is 10.2. The molecule has 1 aliphatic carbocycles. The second-order valence-corrected chi connectivity index (χ2v) is 7.94. The van der Waals surface area contributed by atoms with Gasteiger partial charge in [-0.15, -0.1) is 0 Å². The van der Waals surface area contributed by atoms with E-state index in [-0.39, 0.29) is 0 Å². The third-order valence-electron chi connectivity index (χ3n) is 6.08. The molecule has 158 valence electrons. The number of aromatic nitrogens is 3. The van der Waals surface area contributed by atoms with E-state index in [4.69, 9.17) is 8.83 Å². The molecule has 1 N–H and O–H groups in total. The second kappa shape index (κ2) is 6.76. The van der Waals surface area contributed by atoms with E-state index in [0.29, 0.717) is 30.3 Å². The van der Waals surface area contributed by atoms with Crippen LogP contribution < -0.4 is 0 Å². The van der Waals surface area contributed by atoms with Gasteiger partial charge in [-0.25, -0.2) is 18.7 Å². The lowest BCUT2D eigenvalue weighted by Crippen LogP contribution is -2.41. The number of amides is 1. The lowest BCUT2D eigenvalue weighted by atomic mass is 9.94. The molecule has 4 heterocycles. The second-order valence-electron chi connectivity index (χ2n) is 7.94. The van der Waals surface area contributed by atoms with E-state index in [9.17, 15) is 13.6 Å². The van der Waals surface area contributed by atoms with Crippen LogP contribution in [0.1, 0.15) is 70.2 Å². The first-order chi connectivity index (χ1) is 15.1. The standard InChI is InChI=1S/C22H18F2N4O3/c23-21(24)17-20(30-10-27-17)22(29)28-8-7-13-16(26-9-25-13)18(28)19-15(11-5-6-11)12-3-1-2-4-14(12)31-19/h1-4,9-11,18,21H,5-8H2,(H,25,26)/t18-/m0/s1. The van der Waals surface area contributed by atoms with Gasteiger partial charge in [0.15, 0.2) is 12.1 Å². The molecule has 1 fully saturated rings. The Hall–Kier alpha value is -3.49. The Morgan fingerprint density at radius 3 is 2.87 bits per heavy atom. The molecule has 2 aliphatic rings. The highest BCUT2D eigenvalue weighted by Gasteiger charge is 2.43. The number of aromatic amines is 1. The maximum absolute atomic E-state index is 13.4. The molecule has 4 aromatic rings. The van der Waals surface area contributed by atoms with Gasteiger partial charge in [-0.1, -0.05) is 18.2 Å². The van der Waals surface area contributed by atoms with Crippen LogP contribution in [0.5, 0.6) is 0 Å². The van der Waals surface area contributed by atoms with Crippen LogP contribution in [-0.2, 0) is 6.42 Å². The average Bonchev–Trinajstić information content (AvgIpc) is 3.20. The van der Waals surface area contributed by atoms with Crippen molar-refractivity contribution in [2.24, 2.45) is 0 Å². The highest BCUT2D eigenvalue weighted by atomic mass is 19.3. The Balaban J connectivity index is 1.53. The minimum atomic E-state index is -2.91. The maximum Gasteiger partial charge on any atom is 0.292 e. The van der Waals surface area contributed by atoms with Crippen LogP contribution in [0, 0.1) is 0 Å². The van der Waals surface area contributed by atoms with Gasteiger partial charge >= 0.3 is 0 Å². The number of rotatable bonds is 4. The van der Waals surface area contributed by atoms with Gasteiger partial charge in [0.05, 0.1) is 12.0 Å². The molecule has 1 amide bonds. The highest BCUT2D eigenvalue weighted by molar-refractivity contribution is 5.93. The zero-order chi connectivity index (χ0) is 21.1. The van der Waals surface area contributed by atoms with E-state index in [2.05, 4.69) is 15.0 Å². The molecule has 9 heteroatoms. The minimum absolute atomic E-state index is 0.309. The molecule has 6 rings (SSSR count). The molecule has 1 aliphatic heterocycles. The summed E-state index contributed by atoms with van der Waals surface area (Å²) >= 11 is 0. The van der Waals surface area contributed by atoms with Crippen LogP contribution in [0.4, 0.5) is 8.78 Å². The van der Waals surface area contributed by atoms with E-state index in [0.717, 1.165) is 41.5 Å². The van der Waals surface area contributed by atoms with E-state index < -0.39 is 29.8 Å². The van der Waals surface area contributed by atoms with E-state index in [1.807, 2.05) is 24.3 Å². The van der Waals surface area contributed by atoms with Crippen molar-refractivity contribution in [3.8, 4) is 0 Å². The molecule has 31 heavy (non-hydrogen) atoms. The number of nitrogens with one attached hydrogen (secondary N) is 1. The number of imidazole rings is 1. The number of benzene rings is 1. The van der Waals surface area contributed by atoms with Crippen molar-refractivity contribution in [3.63, 3.8) is 0 Å². The topological polar surface area (TPSA) is 88.2 Å². The monoisotopic (exact) mass is 424 g/mol. The molecule has 0 saturated heterocycles. The Bertz CT molecular complexity index is 1290. The van der Waals surface area contributed by atoms with Crippen LogP contribution >= 0.6 is 0 Å². The summed E-state index contributed by atoms with van der Waals surface area (Å²) in [5.74, 6) is -0.0956. The van der Waals surface area contributed by atoms with Gasteiger partial charge in [0.2, 0.25) is 5.76 Å². The summed E-state index contributed by atoms with van der Waals surface area (Å²) in [5, 5.41) is 1.02. The third-order valence-corrected chi connectivity index (χ3v) is 6.08. The van der Waals surface area contributed by atoms with E-state index in [1.54, 1.807) is 6.33 Å². The molecule has 3 aromatic heterocycles. The summed E-state index contributed by atoms with van der Waals surface area (Å²) in [6.07, 6.45) is 2.17. The van der Waals surface area contributed by atoms with Crippen molar-refractivity contribution in [2.75, 3.05) is 6.54 Å². The number of H-pyrrole nitrogens is 1. The van der Waals surface area contributed by atoms with Gasteiger partial charge in [-0.05, 0) is 24.8 Å². The maximum atomic E-state index is 13.4. The Morgan fingerprint density at radius 2 is 2.06 bits per heavy atom. The number of fused-ring (bicyclic) bond motifs is 2.